The van der Waals surface area contributed by atoms with Crippen LogP contribution in [0.2, 0.25) is 0 Å². The minimum Gasteiger partial charge on any atom is -0.494 e. The van der Waals surface area contributed by atoms with Crippen LogP contribution in [0.15, 0.2) is 54.1 Å². The first kappa shape index (κ1) is 17.8. The number of nitrogens with zero attached hydrogens (tertiary/aromatic N) is 1. The van der Waals surface area contributed by atoms with Gasteiger partial charge in [0.25, 0.3) is 11.8 Å². The van der Waals surface area contributed by atoms with Crippen molar-refractivity contribution in [2.45, 2.75) is 6.92 Å². The second-order valence-electron chi connectivity index (χ2n) is 5.41. The van der Waals surface area contributed by atoms with Gasteiger partial charge in [-0.25, -0.2) is 9.29 Å². The zero-order valence-electron chi connectivity index (χ0n) is 13.9. The lowest BCUT2D eigenvalue weighted by atomic mass is 10.1. The minimum absolute atomic E-state index is 0.0138. The van der Waals surface area contributed by atoms with Gasteiger partial charge >= 0.3 is 0 Å². The number of hydrogen-bond acceptors (Lipinski definition) is 4. The Morgan fingerprint density at radius 1 is 1.15 bits per heavy atom. The molecule has 7 heteroatoms. The van der Waals surface area contributed by atoms with Gasteiger partial charge in [0.2, 0.25) is 0 Å². The summed E-state index contributed by atoms with van der Waals surface area (Å²) in [6.07, 6.45) is 1.43. The molecule has 0 unspecified atom stereocenters. The summed E-state index contributed by atoms with van der Waals surface area (Å²) in [5.74, 6) is -1.23. The van der Waals surface area contributed by atoms with Crippen molar-refractivity contribution in [2.75, 3.05) is 11.5 Å². The predicted octanol–water partition coefficient (Wildman–Crippen LogP) is 3.06. The highest BCUT2D eigenvalue weighted by atomic mass is 32.1. The van der Waals surface area contributed by atoms with Crippen molar-refractivity contribution in [3.05, 3.63) is 65.5 Å². The van der Waals surface area contributed by atoms with Crippen LogP contribution in [-0.2, 0) is 9.59 Å². The van der Waals surface area contributed by atoms with Crippen LogP contribution >= 0.6 is 12.2 Å². The minimum atomic E-state index is -0.683. The highest BCUT2D eigenvalue weighted by molar-refractivity contribution is 7.80. The molecule has 1 aliphatic rings. The molecular formula is C19H15FN2O3S. The van der Waals surface area contributed by atoms with Crippen molar-refractivity contribution in [1.82, 2.24) is 5.32 Å². The summed E-state index contributed by atoms with van der Waals surface area (Å²) in [5, 5.41) is 2.27. The normalized spacial score (nSPS) is 16.0. The van der Waals surface area contributed by atoms with Gasteiger partial charge in [0, 0.05) is 0 Å². The lowest BCUT2D eigenvalue weighted by Gasteiger charge is -2.29. The van der Waals surface area contributed by atoms with Crippen LogP contribution in [0.1, 0.15) is 12.5 Å². The number of carbonyl (C=O) groups excluding carboxylic acids is 2. The predicted molar refractivity (Wildman–Crippen MR) is 100 cm³/mol. The number of halogens is 1. The molecule has 1 fully saturated rings. The SMILES string of the molecule is CCOc1ccc(C=C2C(=O)NC(=S)N(c3ccccc3F)C2=O)cc1. The van der Waals surface area contributed by atoms with Crippen molar-refractivity contribution >= 4 is 40.9 Å². The Morgan fingerprint density at radius 3 is 2.50 bits per heavy atom. The molecular weight excluding hydrogens is 355 g/mol. The van der Waals surface area contributed by atoms with E-state index in [1.165, 1.54) is 24.3 Å². The monoisotopic (exact) mass is 370 g/mol. The Kier molecular flexibility index (Phi) is 5.09. The van der Waals surface area contributed by atoms with E-state index in [9.17, 15) is 14.0 Å². The van der Waals surface area contributed by atoms with Crippen LogP contribution in [0, 0.1) is 5.82 Å². The summed E-state index contributed by atoms with van der Waals surface area (Å²) in [4.78, 5) is 26.0. The van der Waals surface area contributed by atoms with Crippen LogP contribution in [-0.4, -0.2) is 23.5 Å². The van der Waals surface area contributed by atoms with Crippen LogP contribution in [0.4, 0.5) is 10.1 Å². The van der Waals surface area contributed by atoms with E-state index in [1.54, 1.807) is 30.3 Å². The Labute approximate surface area is 155 Å². The fourth-order valence-electron chi connectivity index (χ4n) is 2.50. The average molecular weight is 370 g/mol. The van der Waals surface area contributed by atoms with Gasteiger partial charge in [0.15, 0.2) is 5.11 Å². The molecule has 0 spiro atoms. The average Bonchev–Trinajstić information content (AvgIpc) is 2.62. The molecule has 1 saturated heterocycles. The van der Waals surface area contributed by atoms with E-state index in [0.29, 0.717) is 17.9 Å². The van der Waals surface area contributed by atoms with E-state index in [-0.39, 0.29) is 16.4 Å². The first-order valence-electron chi connectivity index (χ1n) is 7.90. The summed E-state index contributed by atoms with van der Waals surface area (Å²) >= 11 is 5.05. The van der Waals surface area contributed by atoms with Gasteiger partial charge in [-0.15, -0.1) is 0 Å². The maximum Gasteiger partial charge on any atom is 0.270 e. The molecule has 0 aliphatic carbocycles. The number of ether oxygens (including phenoxy) is 1. The number of carbonyl (C=O) groups is 2. The fraction of sp³-hybridized carbons (Fsp3) is 0.105. The molecule has 1 N–H and O–H groups in total. The quantitative estimate of drug-likeness (QED) is 0.511. The van der Waals surface area contributed by atoms with Crippen molar-refractivity contribution in [2.24, 2.45) is 0 Å². The third-order valence-electron chi connectivity index (χ3n) is 3.70. The molecule has 26 heavy (non-hydrogen) atoms. The number of rotatable bonds is 4. The summed E-state index contributed by atoms with van der Waals surface area (Å²) in [6, 6.07) is 12.6. The maximum absolute atomic E-state index is 14.1. The number of amides is 2. The highest BCUT2D eigenvalue weighted by Crippen LogP contribution is 2.24. The largest absolute Gasteiger partial charge is 0.494 e. The molecule has 132 valence electrons. The zero-order chi connectivity index (χ0) is 18.7. The van der Waals surface area contributed by atoms with Crippen molar-refractivity contribution in [3.8, 4) is 5.75 Å². The standard InChI is InChI=1S/C19H15FN2O3S/c1-2-25-13-9-7-12(8-10-13)11-14-17(23)21-19(26)22(18(14)24)16-6-4-3-5-15(16)20/h3-11H,2H2,1H3,(H,21,23,26). The van der Waals surface area contributed by atoms with E-state index in [0.717, 1.165) is 4.90 Å². The number of benzene rings is 2. The van der Waals surface area contributed by atoms with E-state index in [2.05, 4.69) is 5.32 Å². The van der Waals surface area contributed by atoms with Crippen molar-refractivity contribution in [3.63, 3.8) is 0 Å². The molecule has 0 saturated carbocycles. The van der Waals surface area contributed by atoms with Gasteiger partial charge in [-0.1, -0.05) is 24.3 Å². The van der Waals surface area contributed by atoms with Crippen molar-refractivity contribution in [1.29, 1.82) is 0 Å². The summed E-state index contributed by atoms with van der Waals surface area (Å²) in [6.45, 7) is 2.41. The van der Waals surface area contributed by atoms with Gasteiger partial charge in [-0.05, 0) is 55.0 Å². The van der Waals surface area contributed by atoms with E-state index < -0.39 is 17.6 Å². The molecule has 2 aromatic carbocycles. The van der Waals surface area contributed by atoms with E-state index in [1.807, 2.05) is 6.92 Å². The van der Waals surface area contributed by atoms with Gasteiger partial charge in [-0.3, -0.25) is 14.9 Å². The summed E-state index contributed by atoms with van der Waals surface area (Å²) in [5.41, 5.74) is 0.486. The number of thiocarbonyl (C=S) groups is 1. The molecule has 3 rings (SSSR count). The van der Waals surface area contributed by atoms with E-state index in [4.69, 9.17) is 17.0 Å². The molecule has 1 aliphatic heterocycles. The molecule has 0 bridgehead atoms. The number of hydrogen-bond donors (Lipinski definition) is 1. The smallest absolute Gasteiger partial charge is 0.270 e. The number of nitrogens with one attached hydrogen (secondary N) is 1. The van der Waals surface area contributed by atoms with Crippen LogP contribution in [0.25, 0.3) is 6.08 Å². The number of anilines is 1. The van der Waals surface area contributed by atoms with Gasteiger partial charge < -0.3 is 4.74 Å². The third kappa shape index (κ3) is 3.48. The molecule has 0 atom stereocenters. The van der Waals surface area contributed by atoms with Gasteiger partial charge in [0.05, 0.1) is 12.3 Å². The van der Waals surface area contributed by atoms with Crippen LogP contribution in [0.5, 0.6) is 5.75 Å². The second kappa shape index (κ2) is 7.45. The first-order valence-corrected chi connectivity index (χ1v) is 8.31. The zero-order valence-corrected chi connectivity index (χ0v) is 14.7. The topological polar surface area (TPSA) is 58.6 Å². The molecule has 5 nitrogen and oxygen atoms in total. The summed E-state index contributed by atoms with van der Waals surface area (Å²) < 4.78 is 19.5. The highest BCUT2D eigenvalue weighted by Gasteiger charge is 2.35. The Hall–Kier alpha value is -3.06. The Bertz CT molecular complexity index is 909. The molecule has 2 aromatic rings. The molecule has 1 heterocycles. The lowest BCUT2D eigenvalue weighted by Crippen LogP contribution is -2.54. The molecule has 2 amide bonds. The van der Waals surface area contributed by atoms with Crippen LogP contribution < -0.4 is 15.0 Å². The second-order valence-corrected chi connectivity index (χ2v) is 5.80. The van der Waals surface area contributed by atoms with Crippen molar-refractivity contribution < 1.29 is 18.7 Å². The first-order chi connectivity index (χ1) is 12.5. The third-order valence-corrected chi connectivity index (χ3v) is 3.98. The summed E-state index contributed by atoms with van der Waals surface area (Å²) in [7, 11) is 0. The Balaban J connectivity index is 1.96. The lowest BCUT2D eigenvalue weighted by molar-refractivity contribution is -0.122. The van der Waals surface area contributed by atoms with E-state index >= 15 is 0 Å². The van der Waals surface area contributed by atoms with Gasteiger partial charge in [0.1, 0.15) is 17.1 Å². The van der Waals surface area contributed by atoms with Gasteiger partial charge in [-0.2, -0.15) is 0 Å². The maximum atomic E-state index is 14.1. The molecule has 0 aromatic heterocycles. The number of para-hydroxylation sites is 1. The fourth-order valence-corrected chi connectivity index (χ4v) is 2.78. The van der Waals surface area contributed by atoms with Crippen LogP contribution in [0.3, 0.4) is 0 Å². The molecule has 0 radical (unpaired) electrons. The Morgan fingerprint density at radius 2 is 1.85 bits per heavy atom.